The summed E-state index contributed by atoms with van der Waals surface area (Å²) in [5.41, 5.74) is 3.58. The van der Waals surface area contributed by atoms with Crippen LogP contribution >= 0.6 is 0 Å². The highest BCUT2D eigenvalue weighted by Crippen LogP contribution is 2.21. The zero-order valence-corrected chi connectivity index (χ0v) is 25.6. The van der Waals surface area contributed by atoms with E-state index in [1.807, 2.05) is 30.3 Å². The van der Waals surface area contributed by atoms with Gasteiger partial charge in [0.05, 0.1) is 26.9 Å². The summed E-state index contributed by atoms with van der Waals surface area (Å²) in [6, 6.07) is 7.25. The van der Waals surface area contributed by atoms with Crippen LogP contribution in [-0.2, 0) is 39.9 Å². The number of nitrogens with zero attached hydrogens (tertiary/aromatic N) is 2. The molecule has 0 radical (unpaired) electrons. The van der Waals surface area contributed by atoms with E-state index < -0.39 is 54.0 Å². The van der Waals surface area contributed by atoms with Gasteiger partial charge in [-0.1, -0.05) is 42.5 Å². The van der Waals surface area contributed by atoms with Gasteiger partial charge in [-0.15, -0.1) is 0 Å². The van der Waals surface area contributed by atoms with Crippen LogP contribution in [-0.4, -0.2) is 104 Å². The fraction of sp³-hybridized carbons (Fsp3) is 0.600. The van der Waals surface area contributed by atoms with Crippen LogP contribution < -0.4 is 10.7 Å². The number of benzene rings is 1. The Morgan fingerprint density at radius 1 is 1.16 bits per heavy atom. The molecule has 13 nitrogen and oxygen atoms in total. The van der Waals surface area contributed by atoms with Gasteiger partial charge in [0.2, 0.25) is 0 Å². The van der Waals surface area contributed by atoms with E-state index in [1.54, 1.807) is 27.7 Å². The van der Waals surface area contributed by atoms with Gasteiger partial charge in [-0.2, -0.15) is 0 Å². The Morgan fingerprint density at radius 3 is 2.53 bits per heavy atom. The summed E-state index contributed by atoms with van der Waals surface area (Å²) in [5.74, 6) is -1.08. The molecule has 2 heterocycles. The van der Waals surface area contributed by atoms with Crippen LogP contribution in [0.1, 0.15) is 46.1 Å². The third-order valence-corrected chi connectivity index (χ3v) is 6.65. The summed E-state index contributed by atoms with van der Waals surface area (Å²) < 4.78 is 28.0. The van der Waals surface area contributed by atoms with Crippen LogP contribution in [0.3, 0.4) is 0 Å². The van der Waals surface area contributed by atoms with Crippen molar-refractivity contribution in [3.05, 3.63) is 48.0 Å². The van der Waals surface area contributed by atoms with Gasteiger partial charge in [0, 0.05) is 13.1 Å². The Labute approximate surface area is 252 Å². The summed E-state index contributed by atoms with van der Waals surface area (Å²) in [4.78, 5) is 53.7. The highest BCUT2D eigenvalue weighted by molar-refractivity contribution is 5.87. The average molecular weight is 605 g/mol. The molecule has 4 atom stereocenters. The lowest BCUT2D eigenvalue weighted by atomic mass is 10.0. The fourth-order valence-corrected chi connectivity index (χ4v) is 4.65. The number of esters is 1. The number of carbonyl (C=O) groups is 4. The Bertz CT molecular complexity index is 1120. The number of morpholine rings is 1. The predicted octanol–water partition coefficient (Wildman–Crippen LogP) is 2.55. The van der Waals surface area contributed by atoms with Gasteiger partial charge < -0.3 is 33.9 Å². The molecule has 13 heteroatoms. The molecule has 0 aliphatic carbocycles. The Balaban J connectivity index is 1.85. The maximum atomic E-state index is 14.0. The molecule has 2 saturated heterocycles. The number of nitrogens with one attached hydrogen (secondary N) is 2. The standard InChI is InChI=1S/C30H44N4O9/c1-20(2)18-41-25(23-17-33(15-16-40-23)29(38)42-19-21-11-8-7-9-12-21)24(31-28(37)43-30(3,4)5)26(35)34-14-10-13-22(32-34)27(36)39-6/h7-9,11-12,22-25,32H,1,10,13-19H2,2-6H3,(H,31,37)/t22-,23+,24-,25+/m0/s1. The van der Waals surface area contributed by atoms with Crippen LogP contribution in [0.4, 0.5) is 9.59 Å². The number of methoxy groups -OCH3 is 1. The van der Waals surface area contributed by atoms with Crippen LogP contribution in [0.15, 0.2) is 42.5 Å². The minimum atomic E-state index is -1.32. The molecule has 43 heavy (non-hydrogen) atoms. The van der Waals surface area contributed by atoms with E-state index >= 15 is 0 Å². The summed E-state index contributed by atoms with van der Waals surface area (Å²) in [5, 5.41) is 3.94. The molecule has 1 aromatic carbocycles. The molecule has 3 amide bonds. The molecule has 2 N–H and O–H groups in total. The molecule has 0 aromatic heterocycles. The van der Waals surface area contributed by atoms with E-state index in [1.165, 1.54) is 17.0 Å². The molecule has 0 unspecified atom stereocenters. The molecule has 2 aliphatic rings. The number of carbonyl (C=O) groups excluding carboxylic acids is 4. The van der Waals surface area contributed by atoms with Gasteiger partial charge >= 0.3 is 18.2 Å². The minimum Gasteiger partial charge on any atom is -0.468 e. The van der Waals surface area contributed by atoms with Gasteiger partial charge in [0.1, 0.15) is 36.5 Å². The number of ether oxygens (including phenoxy) is 5. The van der Waals surface area contributed by atoms with Crippen molar-refractivity contribution in [2.75, 3.05) is 40.0 Å². The highest BCUT2D eigenvalue weighted by atomic mass is 16.6. The van der Waals surface area contributed by atoms with E-state index in [0.29, 0.717) is 18.4 Å². The van der Waals surface area contributed by atoms with Crippen molar-refractivity contribution < 1.29 is 42.9 Å². The van der Waals surface area contributed by atoms with Gasteiger partial charge in [0.15, 0.2) is 0 Å². The average Bonchev–Trinajstić information content (AvgIpc) is 2.98. The van der Waals surface area contributed by atoms with Crippen molar-refractivity contribution in [3.63, 3.8) is 0 Å². The monoisotopic (exact) mass is 604 g/mol. The smallest absolute Gasteiger partial charge is 0.410 e. The topological polar surface area (TPSA) is 145 Å². The minimum absolute atomic E-state index is 0.0342. The first kappa shape index (κ1) is 33.8. The van der Waals surface area contributed by atoms with E-state index in [0.717, 1.165) is 5.56 Å². The molecule has 0 saturated carbocycles. The first-order valence-corrected chi connectivity index (χ1v) is 14.4. The zero-order chi connectivity index (χ0) is 31.6. The molecule has 0 bridgehead atoms. The lowest BCUT2D eigenvalue weighted by Crippen LogP contribution is -2.66. The predicted molar refractivity (Wildman–Crippen MR) is 156 cm³/mol. The second-order valence-corrected chi connectivity index (χ2v) is 11.6. The molecule has 238 valence electrons. The van der Waals surface area contributed by atoms with E-state index in [9.17, 15) is 19.2 Å². The van der Waals surface area contributed by atoms with Gasteiger partial charge in [-0.05, 0) is 46.1 Å². The number of amides is 3. The molecule has 2 fully saturated rings. The zero-order valence-electron chi connectivity index (χ0n) is 25.6. The summed E-state index contributed by atoms with van der Waals surface area (Å²) in [6.07, 6.45) is -2.29. The first-order chi connectivity index (χ1) is 20.4. The molecule has 0 spiro atoms. The molecule has 3 rings (SSSR count). The van der Waals surface area contributed by atoms with E-state index in [2.05, 4.69) is 17.3 Å². The third kappa shape index (κ3) is 10.5. The van der Waals surface area contributed by atoms with Crippen molar-refractivity contribution in [3.8, 4) is 0 Å². The number of hydrazine groups is 1. The van der Waals surface area contributed by atoms with Gasteiger partial charge in [-0.3, -0.25) is 14.6 Å². The third-order valence-electron chi connectivity index (χ3n) is 6.65. The second-order valence-electron chi connectivity index (χ2n) is 11.6. The molecular formula is C30H44N4O9. The van der Waals surface area contributed by atoms with Gasteiger partial charge in [-0.25, -0.2) is 15.0 Å². The lowest BCUT2D eigenvalue weighted by molar-refractivity contribution is -0.157. The summed E-state index contributed by atoms with van der Waals surface area (Å²) in [7, 11) is 1.27. The van der Waals surface area contributed by atoms with Crippen molar-refractivity contribution >= 4 is 24.1 Å². The van der Waals surface area contributed by atoms with E-state index in [4.69, 9.17) is 23.7 Å². The summed E-state index contributed by atoms with van der Waals surface area (Å²) in [6.45, 7) is 11.6. The molecule has 1 aromatic rings. The number of hydrogen-bond donors (Lipinski definition) is 2. The number of alkyl carbamates (subject to hydrolysis) is 1. The van der Waals surface area contributed by atoms with Gasteiger partial charge in [0.25, 0.3) is 5.91 Å². The van der Waals surface area contributed by atoms with Crippen LogP contribution in [0.25, 0.3) is 0 Å². The Hall–Kier alpha value is -3.68. The normalized spacial score (nSPS) is 20.4. The molecular weight excluding hydrogens is 560 g/mol. The van der Waals surface area contributed by atoms with Crippen molar-refractivity contribution in [1.82, 2.24) is 20.7 Å². The number of hydrogen-bond acceptors (Lipinski definition) is 10. The Morgan fingerprint density at radius 2 is 1.88 bits per heavy atom. The van der Waals surface area contributed by atoms with Crippen LogP contribution in [0.2, 0.25) is 0 Å². The van der Waals surface area contributed by atoms with E-state index in [-0.39, 0.29) is 39.5 Å². The van der Waals surface area contributed by atoms with Crippen LogP contribution in [0.5, 0.6) is 0 Å². The largest absolute Gasteiger partial charge is 0.468 e. The number of rotatable bonds is 10. The molecule has 2 aliphatic heterocycles. The van der Waals surface area contributed by atoms with Crippen molar-refractivity contribution in [2.45, 2.75) is 77.0 Å². The quantitative estimate of drug-likeness (QED) is 0.232. The maximum absolute atomic E-state index is 14.0. The lowest BCUT2D eigenvalue weighted by Gasteiger charge is -2.41. The maximum Gasteiger partial charge on any atom is 0.410 e. The van der Waals surface area contributed by atoms with Crippen molar-refractivity contribution in [2.24, 2.45) is 0 Å². The van der Waals surface area contributed by atoms with Crippen molar-refractivity contribution in [1.29, 1.82) is 0 Å². The Kier molecular flexibility index (Phi) is 12.3. The second kappa shape index (κ2) is 15.7. The SMILES string of the molecule is C=C(C)CO[C@@H]([C@H](NC(=O)OC(C)(C)C)C(=O)N1CCC[C@@H](C(=O)OC)N1)[C@H]1CN(C(=O)OCc2ccccc2)CCO1. The summed E-state index contributed by atoms with van der Waals surface area (Å²) >= 11 is 0. The van der Waals surface area contributed by atoms with Crippen LogP contribution in [0, 0.1) is 0 Å². The fourth-order valence-electron chi connectivity index (χ4n) is 4.65. The highest BCUT2D eigenvalue weighted by Gasteiger charge is 2.44. The first-order valence-electron chi connectivity index (χ1n) is 14.4.